The van der Waals surface area contributed by atoms with E-state index in [2.05, 4.69) is 10.5 Å². The minimum Gasteiger partial charge on any atom is -0.504 e. The van der Waals surface area contributed by atoms with Gasteiger partial charge in [-0.05, 0) is 72.7 Å². The van der Waals surface area contributed by atoms with Gasteiger partial charge < -0.3 is 14.6 Å². The molecular formula is C19H21IN2O4. The minimum atomic E-state index is -0.361. The van der Waals surface area contributed by atoms with Gasteiger partial charge in [0.15, 0.2) is 18.1 Å². The molecule has 0 fully saturated rings. The third-order valence-corrected chi connectivity index (χ3v) is 4.26. The standard InChI is InChI=1S/C19H21IN2O4/c1-4-25-17-9-14(8-15(20)19(17)24)10-21-22-18(23)11-26-16-6-5-12(2)7-13(16)3/h5-10,24H,4,11H2,1-3H3,(H,22,23)/b21-10-. The summed E-state index contributed by atoms with van der Waals surface area (Å²) in [7, 11) is 0. The molecule has 0 aliphatic heterocycles. The molecule has 2 rings (SSSR count). The number of aryl methyl sites for hydroxylation is 2. The first-order valence-corrected chi connectivity index (χ1v) is 9.15. The molecule has 2 aromatic rings. The molecule has 0 saturated heterocycles. The molecule has 0 aliphatic carbocycles. The summed E-state index contributed by atoms with van der Waals surface area (Å²) >= 11 is 2.01. The van der Waals surface area contributed by atoms with Gasteiger partial charge >= 0.3 is 0 Å². The van der Waals surface area contributed by atoms with Gasteiger partial charge in [-0.1, -0.05) is 17.7 Å². The fourth-order valence-electron chi connectivity index (χ4n) is 2.25. The average molecular weight is 468 g/mol. The van der Waals surface area contributed by atoms with Gasteiger partial charge in [-0.25, -0.2) is 5.43 Å². The fraction of sp³-hybridized carbons (Fsp3) is 0.263. The summed E-state index contributed by atoms with van der Waals surface area (Å²) in [4.78, 5) is 11.9. The third-order valence-electron chi connectivity index (χ3n) is 3.44. The Morgan fingerprint density at radius 2 is 2.00 bits per heavy atom. The monoisotopic (exact) mass is 468 g/mol. The summed E-state index contributed by atoms with van der Waals surface area (Å²) in [5.41, 5.74) is 5.23. The molecule has 0 saturated carbocycles. The highest BCUT2D eigenvalue weighted by atomic mass is 127. The third kappa shape index (κ3) is 5.62. The molecule has 0 radical (unpaired) electrons. The first-order chi connectivity index (χ1) is 12.4. The Morgan fingerprint density at radius 1 is 1.23 bits per heavy atom. The second-order valence-electron chi connectivity index (χ2n) is 5.63. The van der Waals surface area contributed by atoms with E-state index in [9.17, 15) is 9.90 Å². The van der Waals surface area contributed by atoms with Gasteiger partial charge in [-0.2, -0.15) is 5.10 Å². The Kier molecular flexibility index (Phi) is 7.26. The Hall–Kier alpha value is -2.29. The number of hydrogen-bond acceptors (Lipinski definition) is 5. The van der Waals surface area contributed by atoms with Crippen LogP contribution in [0.25, 0.3) is 0 Å². The number of carbonyl (C=O) groups is 1. The van der Waals surface area contributed by atoms with Crippen LogP contribution in [0.3, 0.4) is 0 Å². The number of nitrogens with one attached hydrogen (secondary N) is 1. The number of benzene rings is 2. The molecule has 0 bridgehead atoms. The van der Waals surface area contributed by atoms with Crippen LogP contribution < -0.4 is 14.9 Å². The maximum absolute atomic E-state index is 11.9. The van der Waals surface area contributed by atoms with E-state index >= 15 is 0 Å². The van der Waals surface area contributed by atoms with Crippen molar-refractivity contribution in [1.29, 1.82) is 0 Å². The summed E-state index contributed by atoms with van der Waals surface area (Å²) < 4.78 is 11.5. The number of amides is 1. The highest BCUT2D eigenvalue weighted by Crippen LogP contribution is 2.32. The average Bonchev–Trinajstić information content (AvgIpc) is 2.58. The van der Waals surface area contributed by atoms with Crippen molar-refractivity contribution in [2.45, 2.75) is 20.8 Å². The van der Waals surface area contributed by atoms with Crippen LogP contribution in [0.15, 0.2) is 35.4 Å². The van der Waals surface area contributed by atoms with Gasteiger partial charge in [-0.15, -0.1) is 0 Å². The summed E-state index contributed by atoms with van der Waals surface area (Å²) in [6.45, 7) is 6.08. The first kappa shape index (κ1) is 20.0. The quantitative estimate of drug-likeness (QED) is 0.370. The lowest BCUT2D eigenvalue weighted by molar-refractivity contribution is -0.123. The molecule has 138 valence electrons. The maximum Gasteiger partial charge on any atom is 0.277 e. The van der Waals surface area contributed by atoms with E-state index in [0.717, 1.165) is 11.1 Å². The predicted molar refractivity (Wildman–Crippen MR) is 109 cm³/mol. The summed E-state index contributed by atoms with van der Waals surface area (Å²) in [5, 5.41) is 13.8. The van der Waals surface area contributed by atoms with Crippen molar-refractivity contribution in [3.05, 3.63) is 50.6 Å². The van der Waals surface area contributed by atoms with Crippen molar-refractivity contribution in [2.75, 3.05) is 13.2 Å². The first-order valence-electron chi connectivity index (χ1n) is 8.08. The van der Waals surface area contributed by atoms with Crippen LogP contribution in [0.5, 0.6) is 17.2 Å². The van der Waals surface area contributed by atoms with Crippen LogP contribution >= 0.6 is 22.6 Å². The number of halogens is 1. The number of hydrazone groups is 1. The number of hydrogen-bond donors (Lipinski definition) is 2. The normalized spacial score (nSPS) is 10.8. The Labute approximate surface area is 166 Å². The lowest BCUT2D eigenvalue weighted by Crippen LogP contribution is -2.24. The molecule has 26 heavy (non-hydrogen) atoms. The lowest BCUT2D eigenvalue weighted by atomic mass is 10.1. The van der Waals surface area contributed by atoms with Gasteiger partial charge in [0, 0.05) is 0 Å². The fourth-order valence-corrected chi connectivity index (χ4v) is 2.87. The topological polar surface area (TPSA) is 80.2 Å². The number of ether oxygens (including phenoxy) is 2. The van der Waals surface area contributed by atoms with E-state index < -0.39 is 0 Å². The molecule has 6 nitrogen and oxygen atoms in total. The minimum absolute atomic E-state index is 0.0931. The molecule has 0 atom stereocenters. The lowest BCUT2D eigenvalue weighted by Gasteiger charge is -2.09. The largest absolute Gasteiger partial charge is 0.504 e. The Morgan fingerprint density at radius 3 is 2.69 bits per heavy atom. The number of carbonyl (C=O) groups excluding carboxylic acids is 1. The van der Waals surface area contributed by atoms with Gasteiger partial charge in [-0.3, -0.25) is 4.79 Å². The molecule has 0 heterocycles. The van der Waals surface area contributed by atoms with E-state index in [1.54, 1.807) is 12.1 Å². The van der Waals surface area contributed by atoms with E-state index in [4.69, 9.17) is 9.47 Å². The van der Waals surface area contributed by atoms with E-state index in [0.29, 0.717) is 27.2 Å². The van der Waals surface area contributed by atoms with Gasteiger partial charge in [0.05, 0.1) is 16.4 Å². The van der Waals surface area contributed by atoms with Crippen molar-refractivity contribution in [3.8, 4) is 17.2 Å². The van der Waals surface area contributed by atoms with Gasteiger partial charge in [0.1, 0.15) is 5.75 Å². The van der Waals surface area contributed by atoms with Crippen LogP contribution in [0.4, 0.5) is 0 Å². The highest BCUT2D eigenvalue weighted by molar-refractivity contribution is 14.1. The van der Waals surface area contributed by atoms with Crippen LogP contribution in [0.1, 0.15) is 23.6 Å². The van der Waals surface area contributed by atoms with Gasteiger partial charge in [0.2, 0.25) is 0 Å². The zero-order valence-electron chi connectivity index (χ0n) is 14.9. The van der Waals surface area contributed by atoms with E-state index in [1.165, 1.54) is 6.21 Å². The molecule has 1 amide bonds. The van der Waals surface area contributed by atoms with E-state index in [-0.39, 0.29) is 18.3 Å². The number of rotatable bonds is 7. The van der Waals surface area contributed by atoms with Gasteiger partial charge in [0.25, 0.3) is 5.91 Å². The smallest absolute Gasteiger partial charge is 0.277 e. The zero-order valence-corrected chi connectivity index (χ0v) is 17.0. The van der Waals surface area contributed by atoms with Crippen molar-refractivity contribution >= 4 is 34.7 Å². The molecule has 2 aromatic carbocycles. The van der Waals surface area contributed by atoms with Crippen molar-refractivity contribution in [1.82, 2.24) is 5.43 Å². The number of phenolic OH excluding ortho intramolecular Hbond substituents is 1. The molecule has 2 N–H and O–H groups in total. The molecule has 0 spiro atoms. The molecule has 0 unspecified atom stereocenters. The molecule has 0 aromatic heterocycles. The second-order valence-corrected chi connectivity index (χ2v) is 6.80. The predicted octanol–water partition coefficient (Wildman–Crippen LogP) is 3.54. The number of aromatic hydroxyl groups is 1. The number of nitrogens with zero attached hydrogens (tertiary/aromatic N) is 1. The van der Waals surface area contributed by atoms with Crippen molar-refractivity contribution in [2.24, 2.45) is 5.10 Å². The molecular weight excluding hydrogens is 447 g/mol. The molecule has 0 aliphatic rings. The summed E-state index contributed by atoms with van der Waals surface area (Å²) in [6.07, 6.45) is 1.49. The van der Waals surface area contributed by atoms with Crippen molar-refractivity contribution < 1.29 is 19.4 Å². The SMILES string of the molecule is CCOc1cc(/C=N\NC(=O)COc2ccc(C)cc2C)cc(I)c1O. The number of phenols is 1. The van der Waals surface area contributed by atoms with Crippen LogP contribution in [-0.2, 0) is 4.79 Å². The maximum atomic E-state index is 11.9. The molecule has 7 heteroatoms. The second kappa shape index (κ2) is 9.42. The summed E-state index contributed by atoms with van der Waals surface area (Å²) in [6, 6.07) is 9.16. The van der Waals surface area contributed by atoms with E-state index in [1.807, 2.05) is 61.6 Å². The Balaban J connectivity index is 1.92. The highest BCUT2D eigenvalue weighted by Gasteiger charge is 2.08. The Bertz CT molecular complexity index is 821. The van der Waals surface area contributed by atoms with Crippen molar-refractivity contribution in [3.63, 3.8) is 0 Å². The van der Waals surface area contributed by atoms with Crippen LogP contribution in [0, 0.1) is 17.4 Å². The van der Waals surface area contributed by atoms with Crippen LogP contribution in [0.2, 0.25) is 0 Å². The van der Waals surface area contributed by atoms with Crippen LogP contribution in [-0.4, -0.2) is 30.4 Å². The zero-order chi connectivity index (χ0) is 19.1. The summed E-state index contributed by atoms with van der Waals surface area (Å²) in [5.74, 6) is 0.782.